The van der Waals surface area contributed by atoms with Crippen molar-refractivity contribution in [1.29, 1.82) is 0 Å². The fraction of sp³-hybridized carbons (Fsp3) is 0.583. The number of hydrogen-bond acceptors (Lipinski definition) is 3. The molecule has 6 heteroatoms. The van der Waals surface area contributed by atoms with E-state index in [0.717, 1.165) is 5.69 Å². The van der Waals surface area contributed by atoms with Gasteiger partial charge in [0, 0.05) is 5.69 Å². The Morgan fingerprint density at radius 1 is 1.50 bits per heavy atom. The highest BCUT2D eigenvalue weighted by Gasteiger charge is 2.30. The van der Waals surface area contributed by atoms with Crippen LogP contribution in [0.4, 0.5) is 0 Å². The Morgan fingerprint density at radius 2 is 2.11 bits per heavy atom. The smallest absolute Gasteiger partial charge is 0.240 e. The third-order valence-corrected chi connectivity index (χ3v) is 2.56. The summed E-state index contributed by atoms with van der Waals surface area (Å²) in [5.74, 6) is -0.797. The SMILES string of the molecule is Cc1cc(CC(=O)N[C@H](C(N)=O)C(C)(C)C)n[nH]1. The van der Waals surface area contributed by atoms with Crippen molar-refractivity contribution in [3.8, 4) is 0 Å². The first-order valence-corrected chi connectivity index (χ1v) is 5.79. The van der Waals surface area contributed by atoms with E-state index in [0.29, 0.717) is 5.69 Å². The third kappa shape index (κ3) is 3.87. The van der Waals surface area contributed by atoms with Gasteiger partial charge in [0.1, 0.15) is 6.04 Å². The molecule has 0 aliphatic heterocycles. The van der Waals surface area contributed by atoms with Crippen molar-refractivity contribution in [2.45, 2.75) is 40.2 Å². The molecule has 0 aromatic carbocycles. The van der Waals surface area contributed by atoms with Crippen molar-refractivity contribution in [3.63, 3.8) is 0 Å². The number of nitrogens with zero attached hydrogens (tertiary/aromatic N) is 1. The van der Waals surface area contributed by atoms with Crippen LogP contribution >= 0.6 is 0 Å². The first-order valence-electron chi connectivity index (χ1n) is 5.79. The molecule has 0 bridgehead atoms. The molecule has 1 heterocycles. The van der Waals surface area contributed by atoms with Crippen molar-refractivity contribution in [2.24, 2.45) is 11.1 Å². The second-order valence-electron chi connectivity index (χ2n) is 5.49. The highest BCUT2D eigenvalue weighted by atomic mass is 16.2. The number of carbonyl (C=O) groups excluding carboxylic acids is 2. The minimum absolute atomic E-state index is 0.129. The standard InChI is InChI=1S/C12H20N4O2/c1-7-5-8(16-15-7)6-9(17)14-10(11(13)18)12(2,3)4/h5,10H,6H2,1-4H3,(H2,13,18)(H,14,17)(H,15,16)/t10-/m1/s1. The molecule has 0 aliphatic carbocycles. The molecule has 1 aromatic heterocycles. The molecule has 1 atom stereocenters. The fourth-order valence-electron chi connectivity index (χ4n) is 1.66. The van der Waals surface area contributed by atoms with Gasteiger partial charge in [0.05, 0.1) is 12.1 Å². The number of rotatable bonds is 4. The molecule has 0 spiro atoms. The van der Waals surface area contributed by atoms with Gasteiger partial charge in [0.2, 0.25) is 11.8 Å². The quantitative estimate of drug-likeness (QED) is 0.717. The molecule has 18 heavy (non-hydrogen) atoms. The maximum Gasteiger partial charge on any atom is 0.240 e. The Hall–Kier alpha value is -1.85. The van der Waals surface area contributed by atoms with Gasteiger partial charge in [-0.2, -0.15) is 5.10 Å². The summed E-state index contributed by atoms with van der Waals surface area (Å²) in [5, 5.41) is 9.37. The lowest BCUT2D eigenvalue weighted by atomic mass is 9.86. The lowest BCUT2D eigenvalue weighted by Gasteiger charge is -2.28. The first-order chi connectivity index (χ1) is 8.20. The van der Waals surface area contributed by atoms with E-state index in [2.05, 4.69) is 15.5 Å². The second kappa shape index (κ2) is 5.20. The van der Waals surface area contributed by atoms with Gasteiger partial charge in [-0.3, -0.25) is 14.7 Å². The van der Waals surface area contributed by atoms with Gasteiger partial charge < -0.3 is 11.1 Å². The zero-order valence-corrected chi connectivity index (χ0v) is 11.2. The lowest BCUT2D eigenvalue weighted by Crippen LogP contribution is -2.52. The third-order valence-electron chi connectivity index (χ3n) is 2.56. The fourth-order valence-corrected chi connectivity index (χ4v) is 1.66. The molecule has 1 aromatic rings. The van der Waals surface area contributed by atoms with Gasteiger partial charge in [0.15, 0.2) is 0 Å². The van der Waals surface area contributed by atoms with E-state index in [1.54, 1.807) is 6.07 Å². The molecule has 0 aliphatic rings. The summed E-state index contributed by atoms with van der Waals surface area (Å²) in [4.78, 5) is 23.1. The monoisotopic (exact) mass is 252 g/mol. The summed E-state index contributed by atoms with van der Waals surface area (Å²) in [6.07, 6.45) is 0.129. The summed E-state index contributed by atoms with van der Waals surface area (Å²) >= 11 is 0. The molecule has 0 saturated carbocycles. The molecule has 6 nitrogen and oxygen atoms in total. The largest absolute Gasteiger partial charge is 0.368 e. The summed E-state index contributed by atoms with van der Waals surface area (Å²) in [6.45, 7) is 7.40. The number of aromatic nitrogens is 2. The molecule has 1 rings (SSSR count). The average molecular weight is 252 g/mol. The Labute approximate surface area is 106 Å². The number of nitrogens with two attached hydrogens (primary N) is 1. The Bertz CT molecular complexity index is 445. The van der Waals surface area contributed by atoms with Crippen LogP contribution in [0.1, 0.15) is 32.2 Å². The molecule has 0 unspecified atom stereocenters. The predicted molar refractivity (Wildman–Crippen MR) is 67.6 cm³/mol. The van der Waals surface area contributed by atoms with E-state index in [4.69, 9.17) is 5.73 Å². The minimum Gasteiger partial charge on any atom is -0.368 e. The molecule has 0 radical (unpaired) electrons. The van der Waals surface area contributed by atoms with Crippen LogP contribution in [0.15, 0.2) is 6.07 Å². The van der Waals surface area contributed by atoms with E-state index in [-0.39, 0.29) is 12.3 Å². The summed E-state index contributed by atoms with van der Waals surface area (Å²) in [7, 11) is 0. The van der Waals surface area contributed by atoms with Gasteiger partial charge in [-0.1, -0.05) is 20.8 Å². The van der Waals surface area contributed by atoms with E-state index < -0.39 is 17.4 Å². The number of primary amides is 1. The van der Waals surface area contributed by atoms with Gasteiger partial charge in [0.25, 0.3) is 0 Å². The van der Waals surface area contributed by atoms with Crippen LogP contribution < -0.4 is 11.1 Å². The zero-order chi connectivity index (χ0) is 13.9. The van der Waals surface area contributed by atoms with E-state index in [1.807, 2.05) is 27.7 Å². The molecule has 0 fully saturated rings. The minimum atomic E-state index is -0.690. The van der Waals surface area contributed by atoms with Crippen LogP contribution in [-0.2, 0) is 16.0 Å². The van der Waals surface area contributed by atoms with E-state index >= 15 is 0 Å². The van der Waals surface area contributed by atoms with Gasteiger partial charge >= 0.3 is 0 Å². The van der Waals surface area contributed by atoms with Crippen molar-refractivity contribution >= 4 is 11.8 Å². The van der Waals surface area contributed by atoms with E-state index in [9.17, 15) is 9.59 Å². The van der Waals surface area contributed by atoms with Crippen molar-refractivity contribution in [3.05, 3.63) is 17.5 Å². The predicted octanol–water partition coefficient (Wildman–Crippen LogP) is 0.277. The summed E-state index contributed by atoms with van der Waals surface area (Å²) in [6, 6.07) is 1.10. The Balaban J connectivity index is 2.65. The van der Waals surface area contributed by atoms with E-state index in [1.165, 1.54) is 0 Å². The van der Waals surface area contributed by atoms with Crippen LogP contribution in [0, 0.1) is 12.3 Å². The van der Waals surface area contributed by atoms with Crippen LogP contribution in [-0.4, -0.2) is 28.1 Å². The van der Waals surface area contributed by atoms with Gasteiger partial charge in [-0.05, 0) is 18.4 Å². The molecular weight excluding hydrogens is 232 g/mol. The van der Waals surface area contributed by atoms with Crippen LogP contribution in [0.2, 0.25) is 0 Å². The average Bonchev–Trinajstić information content (AvgIpc) is 2.58. The molecular formula is C12H20N4O2. The number of hydrogen-bond donors (Lipinski definition) is 3. The normalized spacial score (nSPS) is 13.1. The first kappa shape index (κ1) is 14.2. The van der Waals surface area contributed by atoms with Crippen LogP contribution in [0.3, 0.4) is 0 Å². The highest BCUT2D eigenvalue weighted by Crippen LogP contribution is 2.19. The van der Waals surface area contributed by atoms with Crippen molar-refractivity contribution < 1.29 is 9.59 Å². The Kier molecular flexibility index (Phi) is 4.11. The van der Waals surface area contributed by atoms with Crippen molar-refractivity contribution in [1.82, 2.24) is 15.5 Å². The maximum absolute atomic E-state index is 11.8. The van der Waals surface area contributed by atoms with Crippen LogP contribution in [0.25, 0.3) is 0 Å². The molecule has 4 N–H and O–H groups in total. The maximum atomic E-state index is 11.8. The summed E-state index contributed by atoms with van der Waals surface area (Å²) < 4.78 is 0. The lowest BCUT2D eigenvalue weighted by molar-refractivity contribution is -0.129. The number of carbonyl (C=O) groups is 2. The Morgan fingerprint density at radius 3 is 2.50 bits per heavy atom. The number of H-pyrrole nitrogens is 1. The molecule has 0 saturated heterocycles. The number of aryl methyl sites for hydroxylation is 1. The summed E-state index contributed by atoms with van der Waals surface area (Å²) in [5.41, 5.74) is 6.41. The van der Waals surface area contributed by atoms with Gasteiger partial charge in [-0.25, -0.2) is 0 Å². The highest BCUT2D eigenvalue weighted by molar-refractivity contribution is 5.87. The number of nitrogens with one attached hydrogen (secondary N) is 2. The van der Waals surface area contributed by atoms with Crippen LogP contribution in [0.5, 0.6) is 0 Å². The van der Waals surface area contributed by atoms with Crippen molar-refractivity contribution in [2.75, 3.05) is 0 Å². The molecule has 100 valence electrons. The van der Waals surface area contributed by atoms with Gasteiger partial charge in [-0.15, -0.1) is 0 Å². The second-order valence-corrected chi connectivity index (χ2v) is 5.49. The number of aromatic amines is 1. The topological polar surface area (TPSA) is 101 Å². The number of amides is 2. The zero-order valence-electron chi connectivity index (χ0n) is 11.2. The molecule has 2 amide bonds.